The van der Waals surface area contributed by atoms with E-state index in [9.17, 15) is 0 Å². The van der Waals surface area contributed by atoms with Gasteiger partial charge in [-0.1, -0.05) is 0 Å². The molecule has 1 aromatic heterocycles. The number of methoxy groups -OCH3 is 1. The van der Waals surface area contributed by atoms with E-state index < -0.39 is 0 Å². The van der Waals surface area contributed by atoms with Crippen LogP contribution < -0.4 is 4.74 Å². The van der Waals surface area contributed by atoms with Crippen LogP contribution in [0.1, 0.15) is 5.56 Å². The second kappa shape index (κ2) is 3.05. The molecule has 2 aromatic rings. The van der Waals surface area contributed by atoms with Crippen LogP contribution >= 0.6 is 0 Å². The van der Waals surface area contributed by atoms with Gasteiger partial charge in [-0.25, -0.2) is 0 Å². The summed E-state index contributed by atoms with van der Waals surface area (Å²) in [4.78, 5) is 4.07. The van der Waals surface area contributed by atoms with E-state index in [1.165, 1.54) is 0 Å². The van der Waals surface area contributed by atoms with Gasteiger partial charge in [0.25, 0.3) is 0 Å². The summed E-state index contributed by atoms with van der Waals surface area (Å²) in [5.74, 6) is 0.929. The molecule has 66 valence electrons. The molecule has 0 bridgehead atoms. The Balaban J connectivity index is 2.74. The van der Waals surface area contributed by atoms with Crippen molar-refractivity contribution in [2.75, 3.05) is 7.11 Å². The molecule has 0 fully saturated rings. The van der Waals surface area contributed by atoms with Crippen molar-refractivity contribution in [1.82, 2.24) is 4.98 Å². The summed E-state index contributed by atoms with van der Waals surface area (Å²) in [6, 6.07) is 6.10. The molecule has 2 rings (SSSR count). The molecule has 13 heavy (non-hydrogen) atoms. The fourth-order valence-corrected chi connectivity index (χ4v) is 1.45. The summed E-state index contributed by atoms with van der Waals surface area (Å²) < 4.78 is 5.23. The highest BCUT2D eigenvalue weighted by atomic mass is 16.5. The molecule has 0 radical (unpaired) electrons. The number of hydrogen-bond acceptors (Lipinski definition) is 2. The molecule has 1 aromatic carbocycles. The van der Waals surface area contributed by atoms with Crippen molar-refractivity contribution in [3.63, 3.8) is 0 Å². The highest BCUT2D eigenvalue weighted by molar-refractivity contribution is 5.83. The number of benzene rings is 1. The highest BCUT2D eigenvalue weighted by Crippen LogP contribution is 2.23. The van der Waals surface area contributed by atoms with Gasteiger partial charge in [-0.05, 0) is 36.1 Å². The van der Waals surface area contributed by atoms with E-state index in [-0.39, 0.29) is 0 Å². The lowest BCUT2D eigenvalue weighted by molar-refractivity contribution is 0.412. The maximum Gasteiger partial charge on any atom is 0.122 e. The lowest BCUT2D eigenvalue weighted by Crippen LogP contribution is -1.87. The topological polar surface area (TPSA) is 22.1 Å². The molecule has 0 atom stereocenters. The minimum Gasteiger partial charge on any atom is -0.496 e. The third kappa shape index (κ3) is 1.35. The van der Waals surface area contributed by atoms with Crippen LogP contribution in [0.5, 0.6) is 5.75 Å². The quantitative estimate of drug-likeness (QED) is 0.661. The van der Waals surface area contributed by atoms with Gasteiger partial charge in [0, 0.05) is 17.8 Å². The van der Waals surface area contributed by atoms with Crippen LogP contribution in [0.3, 0.4) is 0 Å². The van der Waals surface area contributed by atoms with Crippen LogP contribution in [0.25, 0.3) is 10.8 Å². The molecule has 0 aliphatic rings. The molecule has 0 aliphatic heterocycles. The van der Waals surface area contributed by atoms with Gasteiger partial charge in [0.1, 0.15) is 5.75 Å². The molecule has 0 amide bonds. The molecule has 0 N–H and O–H groups in total. The molecular weight excluding hydrogens is 162 g/mol. The maximum atomic E-state index is 5.23. The van der Waals surface area contributed by atoms with Crippen molar-refractivity contribution in [3.8, 4) is 5.75 Å². The zero-order valence-corrected chi connectivity index (χ0v) is 7.74. The summed E-state index contributed by atoms with van der Waals surface area (Å²) in [6.45, 7) is 2.03. The van der Waals surface area contributed by atoms with Crippen LogP contribution in [0.15, 0.2) is 30.6 Å². The van der Waals surface area contributed by atoms with Crippen molar-refractivity contribution in [2.24, 2.45) is 0 Å². The molecular formula is C11H11NO. The summed E-state index contributed by atoms with van der Waals surface area (Å²) >= 11 is 0. The zero-order chi connectivity index (χ0) is 9.26. The Morgan fingerprint density at radius 2 is 2.08 bits per heavy atom. The molecule has 2 heteroatoms. The van der Waals surface area contributed by atoms with Gasteiger partial charge in [0.05, 0.1) is 7.11 Å². The first-order valence-electron chi connectivity index (χ1n) is 4.19. The van der Waals surface area contributed by atoms with E-state index in [4.69, 9.17) is 4.74 Å². The van der Waals surface area contributed by atoms with Gasteiger partial charge in [-0.3, -0.25) is 4.98 Å². The van der Waals surface area contributed by atoms with Crippen molar-refractivity contribution >= 4 is 10.8 Å². The van der Waals surface area contributed by atoms with Crippen LogP contribution in [-0.2, 0) is 0 Å². The van der Waals surface area contributed by atoms with Crippen LogP contribution in [0.4, 0.5) is 0 Å². The van der Waals surface area contributed by atoms with Gasteiger partial charge in [0.2, 0.25) is 0 Å². The number of aryl methyl sites for hydroxylation is 1. The lowest BCUT2D eigenvalue weighted by Gasteiger charge is -2.05. The number of hydrogen-bond donors (Lipinski definition) is 0. The van der Waals surface area contributed by atoms with Crippen molar-refractivity contribution in [1.29, 1.82) is 0 Å². The number of ether oxygens (including phenoxy) is 1. The largest absolute Gasteiger partial charge is 0.496 e. The zero-order valence-electron chi connectivity index (χ0n) is 7.74. The molecule has 0 saturated carbocycles. The summed E-state index contributed by atoms with van der Waals surface area (Å²) in [7, 11) is 1.69. The second-order valence-corrected chi connectivity index (χ2v) is 3.04. The molecule has 0 unspecified atom stereocenters. The number of pyridine rings is 1. The van der Waals surface area contributed by atoms with Gasteiger partial charge < -0.3 is 4.74 Å². The van der Waals surface area contributed by atoms with Crippen molar-refractivity contribution in [2.45, 2.75) is 6.92 Å². The highest BCUT2D eigenvalue weighted by Gasteiger charge is 2.00. The number of aromatic nitrogens is 1. The Hall–Kier alpha value is -1.57. The third-order valence-electron chi connectivity index (χ3n) is 2.15. The normalized spacial score (nSPS) is 10.3. The lowest BCUT2D eigenvalue weighted by atomic mass is 10.1. The summed E-state index contributed by atoms with van der Waals surface area (Å²) in [6.07, 6.45) is 3.65. The van der Waals surface area contributed by atoms with Gasteiger partial charge in [-0.2, -0.15) is 0 Å². The average molecular weight is 173 g/mol. The van der Waals surface area contributed by atoms with E-state index in [2.05, 4.69) is 11.1 Å². The molecule has 2 nitrogen and oxygen atoms in total. The SMILES string of the molecule is COc1cc2ccncc2cc1C. The fourth-order valence-electron chi connectivity index (χ4n) is 1.45. The van der Waals surface area contributed by atoms with Crippen LogP contribution in [0, 0.1) is 6.92 Å². The van der Waals surface area contributed by atoms with E-state index in [1.54, 1.807) is 13.3 Å². The van der Waals surface area contributed by atoms with Gasteiger partial charge >= 0.3 is 0 Å². The average Bonchev–Trinajstić information content (AvgIpc) is 2.17. The van der Waals surface area contributed by atoms with E-state index >= 15 is 0 Å². The third-order valence-corrected chi connectivity index (χ3v) is 2.15. The molecule has 0 aliphatic carbocycles. The summed E-state index contributed by atoms with van der Waals surface area (Å²) in [5.41, 5.74) is 1.14. The Morgan fingerprint density at radius 1 is 1.23 bits per heavy atom. The van der Waals surface area contributed by atoms with E-state index in [1.807, 2.05) is 25.3 Å². The fraction of sp³-hybridized carbons (Fsp3) is 0.182. The smallest absolute Gasteiger partial charge is 0.122 e. The Morgan fingerprint density at radius 3 is 2.85 bits per heavy atom. The van der Waals surface area contributed by atoms with Gasteiger partial charge in [0.15, 0.2) is 0 Å². The first-order chi connectivity index (χ1) is 6.31. The molecule has 0 saturated heterocycles. The predicted octanol–water partition coefficient (Wildman–Crippen LogP) is 2.55. The van der Waals surface area contributed by atoms with Gasteiger partial charge in [-0.15, -0.1) is 0 Å². The Labute approximate surface area is 77.2 Å². The van der Waals surface area contributed by atoms with E-state index in [0.29, 0.717) is 0 Å². The van der Waals surface area contributed by atoms with Crippen molar-refractivity contribution < 1.29 is 4.74 Å². The number of nitrogens with zero attached hydrogens (tertiary/aromatic N) is 1. The molecule has 1 heterocycles. The molecule has 0 spiro atoms. The predicted molar refractivity (Wildman–Crippen MR) is 53.0 cm³/mol. The first kappa shape index (κ1) is 8.05. The number of rotatable bonds is 1. The number of fused-ring (bicyclic) bond motifs is 1. The van der Waals surface area contributed by atoms with Crippen LogP contribution in [-0.4, -0.2) is 12.1 Å². The minimum atomic E-state index is 0.929. The van der Waals surface area contributed by atoms with E-state index in [0.717, 1.165) is 22.1 Å². The Kier molecular flexibility index (Phi) is 1.89. The van der Waals surface area contributed by atoms with Crippen molar-refractivity contribution in [3.05, 3.63) is 36.2 Å². The Bertz CT molecular complexity index is 437. The second-order valence-electron chi connectivity index (χ2n) is 3.04. The first-order valence-corrected chi connectivity index (χ1v) is 4.19. The minimum absolute atomic E-state index is 0.929. The monoisotopic (exact) mass is 173 g/mol. The maximum absolute atomic E-state index is 5.23. The standard InChI is InChI=1S/C11H11NO/c1-8-5-10-7-12-4-3-9(10)6-11(8)13-2/h3-7H,1-2H3. The summed E-state index contributed by atoms with van der Waals surface area (Å²) in [5, 5.41) is 2.32. The van der Waals surface area contributed by atoms with Crippen LogP contribution in [0.2, 0.25) is 0 Å².